The van der Waals surface area contributed by atoms with Crippen molar-refractivity contribution < 1.29 is 34.0 Å². The van der Waals surface area contributed by atoms with Gasteiger partial charge in [0, 0.05) is 13.0 Å². The van der Waals surface area contributed by atoms with Gasteiger partial charge in [0.05, 0.1) is 17.8 Å². The van der Waals surface area contributed by atoms with E-state index in [4.69, 9.17) is 15.0 Å². The molecule has 9 heteroatoms. The van der Waals surface area contributed by atoms with Gasteiger partial charge in [-0.15, -0.1) is 0 Å². The first-order valence-corrected chi connectivity index (χ1v) is 9.50. The highest BCUT2D eigenvalue weighted by atomic mass is 31.2. The molecule has 1 heterocycles. The van der Waals surface area contributed by atoms with Crippen LogP contribution in [-0.2, 0) is 13.8 Å². The topological polar surface area (TPSA) is 142 Å². The molecule has 1 saturated heterocycles. The summed E-state index contributed by atoms with van der Waals surface area (Å²) in [5.74, 6) is 0. The SMILES string of the molecule is CCC(CN)(C[C@H]1O[C@@H](C)[C@H](O)[C@@H]1O)OP(=O)(O)C(C)(O)CC. The van der Waals surface area contributed by atoms with Gasteiger partial charge >= 0.3 is 7.60 Å². The van der Waals surface area contributed by atoms with Gasteiger partial charge in [0.1, 0.15) is 12.2 Å². The predicted molar refractivity (Wildman–Crippen MR) is 84.9 cm³/mol. The summed E-state index contributed by atoms with van der Waals surface area (Å²) in [5.41, 5.74) is 4.51. The maximum Gasteiger partial charge on any atom is 0.359 e. The summed E-state index contributed by atoms with van der Waals surface area (Å²) in [6.45, 7) is 6.07. The molecular formula is C14H30NO7P. The zero-order valence-electron chi connectivity index (χ0n) is 14.2. The summed E-state index contributed by atoms with van der Waals surface area (Å²) < 4.78 is 23.4. The van der Waals surface area contributed by atoms with E-state index in [-0.39, 0.29) is 25.8 Å². The number of aliphatic hydroxyl groups is 3. The van der Waals surface area contributed by atoms with Crippen molar-refractivity contribution in [3.05, 3.63) is 0 Å². The average molecular weight is 355 g/mol. The van der Waals surface area contributed by atoms with E-state index in [2.05, 4.69) is 0 Å². The van der Waals surface area contributed by atoms with Gasteiger partial charge in [-0.1, -0.05) is 13.8 Å². The molecule has 0 aromatic rings. The zero-order valence-corrected chi connectivity index (χ0v) is 15.1. The molecule has 0 aliphatic carbocycles. The third kappa shape index (κ3) is 4.32. The molecule has 0 radical (unpaired) electrons. The van der Waals surface area contributed by atoms with E-state index < -0.39 is 43.0 Å². The maximum atomic E-state index is 12.5. The fourth-order valence-corrected chi connectivity index (χ4v) is 3.94. The Morgan fingerprint density at radius 1 is 1.26 bits per heavy atom. The Morgan fingerprint density at radius 3 is 2.17 bits per heavy atom. The molecule has 138 valence electrons. The molecule has 8 nitrogen and oxygen atoms in total. The van der Waals surface area contributed by atoms with Crippen molar-refractivity contribution in [3.8, 4) is 0 Å². The Hall–Kier alpha value is -0.0500. The number of nitrogens with two attached hydrogens (primary N) is 1. The first kappa shape index (κ1) is 21.0. The van der Waals surface area contributed by atoms with Crippen molar-refractivity contribution in [2.75, 3.05) is 6.54 Å². The quantitative estimate of drug-likeness (QED) is 0.392. The number of hydrogen-bond donors (Lipinski definition) is 5. The highest BCUT2D eigenvalue weighted by Gasteiger charge is 2.50. The second-order valence-corrected chi connectivity index (χ2v) is 8.67. The lowest BCUT2D eigenvalue weighted by atomic mass is 9.91. The standard InChI is InChI=1S/C14H30NO7P/c1-5-13(4,18)23(19,20)22-14(6-2,8-15)7-10-12(17)11(16)9(3)21-10/h9-12,16-18H,5-8,15H2,1-4H3,(H,19,20)/t9-,10+,11-,12+,13?,14?/m0/s1. The second kappa shape index (κ2) is 7.45. The Balaban J connectivity index is 2.98. The fraction of sp³-hybridized carbons (Fsp3) is 1.00. The molecule has 1 aliphatic heterocycles. The van der Waals surface area contributed by atoms with Crippen LogP contribution in [0.25, 0.3) is 0 Å². The third-order valence-electron chi connectivity index (χ3n) is 4.79. The van der Waals surface area contributed by atoms with Gasteiger partial charge in [-0.2, -0.15) is 0 Å². The minimum atomic E-state index is -4.38. The molecular weight excluding hydrogens is 325 g/mol. The van der Waals surface area contributed by atoms with Crippen LogP contribution in [0.2, 0.25) is 0 Å². The van der Waals surface area contributed by atoms with Crippen LogP contribution in [0.1, 0.15) is 47.0 Å². The van der Waals surface area contributed by atoms with Crippen LogP contribution in [-0.4, -0.2) is 62.1 Å². The van der Waals surface area contributed by atoms with E-state index >= 15 is 0 Å². The molecule has 0 spiro atoms. The summed E-state index contributed by atoms with van der Waals surface area (Å²) in [6, 6.07) is 0. The number of hydrogen-bond acceptors (Lipinski definition) is 7. The molecule has 6 N–H and O–H groups in total. The van der Waals surface area contributed by atoms with Crippen LogP contribution in [0.5, 0.6) is 0 Å². The van der Waals surface area contributed by atoms with E-state index in [0.29, 0.717) is 0 Å². The van der Waals surface area contributed by atoms with Crippen LogP contribution >= 0.6 is 7.60 Å². The molecule has 3 unspecified atom stereocenters. The van der Waals surface area contributed by atoms with Crippen molar-refractivity contribution in [2.45, 2.75) is 82.3 Å². The molecule has 0 bridgehead atoms. The smallest absolute Gasteiger partial charge is 0.359 e. The minimum absolute atomic E-state index is 0.0312. The first-order valence-electron chi connectivity index (χ1n) is 7.93. The molecule has 23 heavy (non-hydrogen) atoms. The summed E-state index contributed by atoms with van der Waals surface area (Å²) >= 11 is 0. The van der Waals surface area contributed by atoms with Gasteiger partial charge in [-0.3, -0.25) is 9.09 Å². The normalized spacial score (nSPS) is 36.2. The molecule has 1 fully saturated rings. The lowest BCUT2D eigenvalue weighted by Gasteiger charge is -2.39. The second-order valence-electron chi connectivity index (χ2n) is 6.49. The van der Waals surface area contributed by atoms with Gasteiger partial charge in [0.25, 0.3) is 0 Å². The lowest BCUT2D eigenvalue weighted by Crippen LogP contribution is -2.46. The van der Waals surface area contributed by atoms with Crippen molar-refractivity contribution >= 4 is 7.60 Å². The van der Waals surface area contributed by atoms with Gasteiger partial charge in [-0.05, 0) is 26.7 Å². The molecule has 0 aromatic heterocycles. The molecule has 1 rings (SSSR count). The molecule has 0 saturated carbocycles. The van der Waals surface area contributed by atoms with E-state index in [1.165, 1.54) is 6.92 Å². The molecule has 1 aliphatic rings. The molecule has 0 amide bonds. The van der Waals surface area contributed by atoms with Crippen LogP contribution in [0, 0.1) is 0 Å². The van der Waals surface area contributed by atoms with Crippen LogP contribution in [0.3, 0.4) is 0 Å². The van der Waals surface area contributed by atoms with E-state index in [1.807, 2.05) is 0 Å². The van der Waals surface area contributed by atoms with Gasteiger partial charge in [0.15, 0.2) is 5.34 Å². The van der Waals surface area contributed by atoms with Crippen LogP contribution < -0.4 is 5.73 Å². The van der Waals surface area contributed by atoms with Crippen molar-refractivity contribution in [1.82, 2.24) is 0 Å². The van der Waals surface area contributed by atoms with E-state index in [9.17, 15) is 24.8 Å². The van der Waals surface area contributed by atoms with Gasteiger partial charge in [-0.25, -0.2) is 0 Å². The number of rotatable bonds is 8. The summed E-state index contributed by atoms with van der Waals surface area (Å²) in [6.07, 6.45) is -3.14. The van der Waals surface area contributed by atoms with Crippen molar-refractivity contribution in [2.24, 2.45) is 5.73 Å². The highest BCUT2D eigenvalue weighted by molar-refractivity contribution is 7.54. The van der Waals surface area contributed by atoms with Crippen molar-refractivity contribution in [1.29, 1.82) is 0 Å². The monoisotopic (exact) mass is 355 g/mol. The largest absolute Gasteiger partial charge is 0.388 e. The summed E-state index contributed by atoms with van der Waals surface area (Å²) in [5, 5.41) is 28.0. The number of aliphatic hydroxyl groups excluding tert-OH is 2. The highest BCUT2D eigenvalue weighted by Crippen LogP contribution is 2.58. The lowest BCUT2D eigenvalue weighted by molar-refractivity contribution is -0.0536. The third-order valence-corrected chi connectivity index (χ3v) is 6.96. The zero-order chi connectivity index (χ0) is 18.1. The Labute approximate surface area is 137 Å². The fourth-order valence-electron chi connectivity index (χ4n) is 2.54. The minimum Gasteiger partial charge on any atom is -0.388 e. The Bertz CT molecular complexity index is 441. The first-order chi connectivity index (χ1) is 10.4. The summed E-state index contributed by atoms with van der Waals surface area (Å²) in [4.78, 5) is 10.2. The Morgan fingerprint density at radius 2 is 1.83 bits per heavy atom. The van der Waals surface area contributed by atoms with Crippen molar-refractivity contribution in [3.63, 3.8) is 0 Å². The number of ether oxygens (including phenoxy) is 1. The van der Waals surface area contributed by atoms with Gasteiger partial charge < -0.3 is 30.7 Å². The Kier molecular flexibility index (Phi) is 6.80. The molecule has 0 aromatic carbocycles. The van der Waals surface area contributed by atoms with E-state index in [0.717, 1.165) is 0 Å². The molecule has 7 atom stereocenters. The van der Waals surface area contributed by atoms with Crippen LogP contribution in [0.15, 0.2) is 0 Å². The van der Waals surface area contributed by atoms with E-state index in [1.54, 1.807) is 20.8 Å². The predicted octanol–water partition coefficient (Wildman–Crippen LogP) is 0.314. The van der Waals surface area contributed by atoms with Crippen LogP contribution in [0.4, 0.5) is 0 Å². The maximum absolute atomic E-state index is 12.5. The summed E-state index contributed by atoms with van der Waals surface area (Å²) in [7, 11) is -4.38. The average Bonchev–Trinajstić information content (AvgIpc) is 2.73. The van der Waals surface area contributed by atoms with Gasteiger partial charge in [0.2, 0.25) is 0 Å².